The van der Waals surface area contributed by atoms with Crippen molar-refractivity contribution in [3.8, 4) is 6.07 Å². The van der Waals surface area contributed by atoms with Gasteiger partial charge >= 0.3 is 6.03 Å². The number of sulfonamides is 1. The normalized spacial score (nSPS) is 21.8. The molecule has 2 amide bonds. The number of hydrogen-bond acceptors (Lipinski definition) is 6. The quantitative estimate of drug-likeness (QED) is 0.610. The van der Waals surface area contributed by atoms with Gasteiger partial charge in [0.15, 0.2) is 0 Å². The van der Waals surface area contributed by atoms with Crippen LogP contribution in [0.1, 0.15) is 24.0 Å². The predicted molar refractivity (Wildman–Crippen MR) is 140 cm³/mol. The van der Waals surface area contributed by atoms with Crippen molar-refractivity contribution >= 4 is 45.1 Å². The molecule has 3 atom stereocenters. The summed E-state index contributed by atoms with van der Waals surface area (Å²) in [6.45, 7) is 4.36. The third-order valence-electron chi connectivity index (χ3n) is 6.90. The zero-order chi connectivity index (χ0) is 26.0. The summed E-state index contributed by atoms with van der Waals surface area (Å²) >= 11 is 12.5. The van der Waals surface area contributed by atoms with Crippen LogP contribution < -0.4 is 5.32 Å². The summed E-state index contributed by atoms with van der Waals surface area (Å²) in [4.78, 5) is 21.3. The van der Waals surface area contributed by atoms with Crippen LogP contribution in [0.3, 0.4) is 0 Å². The van der Waals surface area contributed by atoms with Crippen molar-refractivity contribution < 1.29 is 13.2 Å². The van der Waals surface area contributed by atoms with E-state index in [1.807, 2.05) is 24.0 Å². The largest absolute Gasteiger partial charge is 0.367 e. The lowest BCUT2D eigenvalue weighted by Gasteiger charge is -2.35. The summed E-state index contributed by atoms with van der Waals surface area (Å²) in [7, 11) is -3.27. The van der Waals surface area contributed by atoms with E-state index in [0.29, 0.717) is 60.7 Å². The topological polar surface area (TPSA) is 110 Å². The summed E-state index contributed by atoms with van der Waals surface area (Å²) in [5.41, 5.74) is 1.48. The van der Waals surface area contributed by atoms with Crippen molar-refractivity contribution in [1.82, 2.24) is 19.1 Å². The Kier molecular flexibility index (Phi) is 7.95. The number of nitrogens with zero attached hydrogens (tertiary/aromatic N) is 5. The number of piperazine rings is 1. The zero-order valence-electron chi connectivity index (χ0n) is 20.1. The maximum atomic E-state index is 13.4. The molecular weight excluding hydrogens is 523 g/mol. The standard InChI is InChI=1S/C24H28Cl2N6O3S/c1-16(29-23-6-3-17(12-27)13-28-23)19-14-31(15-20(19)18-4-5-21(25)22(26)11-18)24(33)30-7-9-32(10-8-30)36(2,34)35/h3-6,11,13,16,19-20H,7-10,14-15H2,1-2H3,(H,28,29). The van der Waals surface area contributed by atoms with Gasteiger partial charge < -0.3 is 15.1 Å². The molecule has 2 aliphatic rings. The van der Waals surface area contributed by atoms with Gasteiger partial charge in [0.2, 0.25) is 10.0 Å². The third kappa shape index (κ3) is 5.86. The van der Waals surface area contributed by atoms with Gasteiger partial charge in [0.25, 0.3) is 0 Å². The first-order valence-corrected chi connectivity index (χ1v) is 14.2. The second kappa shape index (κ2) is 10.8. The smallest absolute Gasteiger partial charge is 0.320 e. The Morgan fingerprint density at radius 2 is 1.83 bits per heavy atom. The number of amides is 2. The summed E-state index contributed by atoms with van der Waals surface area (Å²) in [5, 5.41) is 13.4. The van der Waals surface area contributed by atoms with Crippen LogP contribution in [0, 0.1) is 17.2 Å². The molecule has 36 heavy (non-hydrogen) atoms. The van der Waals surface area contributed by atoms with E-state index < -0.39 is 10.0 Å². The molecule has 0 aliphatic carbocycles. The number of carbonyl (C=O) groups is 1. The number of rotatable bonds is 5. The van der Waals surface area contributed by atoms with Gasteiger partial charge in [-0.1, -0.05) is 29.3 Å². The van der Waals surface area contributed by atoms with Crippen molar-refractivity contribution in [1.29, 1.82) is 5.26 Å². The molecule has 0 spiro atoms. The van der Waals surface area contributed by atoms with Crippen molar-refractivity contribution in [2.75, 3.05) is 50.8 Å². The van der Waals surface area contributed by atoms with Crippen molar-refractivity contribution in [2.45, 2.75) is 18.9 Å². The van der Waals surface area contributed by atoms with Crippen LogP contribution in [-0.2, 0) is 10.0 Å². The van der Waals surface area contributed by atoms with Crippen molar-refractivity contribution in [2.24, 2.45) is 5.92 Å². The Labute approximate surface area is 221 Å². The van der Waals surface area contributed by atoms with E-state index in [9.17, 15) is 13.2 Å². The fourth-order valence-electron chi connectivity index (χ4n) is 4.88. The molecule has 2 aliphatic heterocycles. The Morgan fingerprint density at radius 3 is 2.42 bits per heavy atom. The Balaban J connectivity index is 1.52. The summed E-state index contributed by atoms with van der Waals surface area (Å²) in [5.74, 6) is 0.693. The molecule has 4 rings (SSSR count). The Hall–Kier alpha value is -2.58. The number of pyridine rings is 1. The summed E-state index contributed by atoms with van der Waals surface area (Å²) in [6, 6.07) is 11.0. The predicted octanol–water partition coefficient (Wildman–Crippen LogP) is 3.47. The highest BCUT2D eigenvalue weighted by atomic mass is 35.5. The maximum Gasteiger partial charge on any atom is 0.320 e. The minimum Gasteiger partial charge on any atom is -0.367 e. The SMILES string of the molecule is CC(Nc1ccc(C#N)cn1)C1CN(C(=O)N2CCN(S(C)(=O)=O)CC2)CC1c1ccc(Cl)c(Cl)c1. The molecule has 2 saturated heterocycles. The summed E-state index contributed by atoms with van der Waals surface area (Å²) < 4.78 is 25.1. The molecule has 0 bridgehead atoms. The number of nitrogens with one attached hydrogen (secondary N) is 1. The van der Waals surface area contributed by atoms with Gasteiger partial charge in [0.1, 0.15) is 11.9 Å². The first-order valence-electron chi connectivity index (χ1n) is 11.6. The van der Waals surface area contributed by atoms with E-state index >= 15 is 0 Å². The average molecular weight is 552 g/mol. The molecular formula is C24H28Cl2N6O3S. The second-order valence-electron chi connectivity index (χ2n) is 9.26. The molecule has 2 aromatic rings. The molecule has 0 saturated carbocycles. The second-order valence-corrected chi connectivity index (χ2v) is 12.1. The van der Waals surface area contributed by atoms with Gasteiger partial charge in [-0.15, -0.1) is 0 Å². The molecule has 2 fully saturated rings. The molecule has 192 valence electrons. The van der Waals surface area contributed by atoms with Crippen molar-refractivity contribution in [3.05, 3.63) is 57.7 Å². The molecule has 0 radical (unpaired) electrons. The van der Waals surface area contributed by atoms with Crippen LogP contribution in [0.5, 0.6) is 0 Å². The third-order valence-corrected chi connectivity index (χ3v) is 8.94. The fourth-order valence-corrected chi connectivity index (χ4v) is 6.02. The number of nitriles is 1. The van der Waals surface area contributed by atoms with E-state index in [1.165, 1.54) is 16.8 Å². The van der Waals surface area contributed by atoms with Crippen molar-refractivity contribution in [3.63, 3.8) is 0 Å². The number of carbonyl (C=O) groups excluding carboxylic acids is 1. The number of anilines is 1. The highest BCUT2D eigenvalue weighted by Crippen LogP contribution is 2.38. The number of likely N-dealkylation sites (tertiary alicyclic amines) is 1. The fraction of sp³-hybridized carbons (Fsp3) is 0.458. The Bertz CT molecular complexity index is 1260. The van der Waals surface area contributed by atoms with Crippen LogP contribution >= 0.6 is 23.2 Å². The molecule has 1 N–H and O–H groups in total. The lowest BCUT2D eigenvalue weighted by atomic mass is 9.84. The lowest BCUT2D eigenvalue weighted by Crippen LogP contribution is -2.53. The monoisotopic (exact) mass is 550 g/mol. The van der Waals surface area contributed by atoms with Gasteiger partial charge in [-0.3, -0.25) is 0 Å². The van der Waals surface area contributed by atoms with Gasteiger partial charge in [-0.05, 0) is 36.8 Å². The van der Waals surface area contributed by atoms with Gasteiger partial charge in [0.05, 0.1) is 21.9 Å². The first-order chi connectivity index (χ1) is 17.1. The minimum atomic E-state index is -3.27. The summed E-state index contributed by atoms with van der Waals surface area (Å²) in [6.07, 6.45) is 2.71. The maximum absolute atomic E-state index is 13.4. The number of aromatic nitrogens is 1. The van der Waals surface area contributed by atoms with Crippen LogP contribution in [0.4, 0.5) is 10.6 Å². The van der Waals surface area contributed by atoms with E-state index in [-0.39, 0.29) is 23.9 Å². The molecule has 1 aromatic carbocycles. The van der Waals surface area contributed by atoms with Crippen LogP contribution in [-0.4, -0.2) is 85.1 Å². The van der Waals surface area contributed by atoms with E-state index in [2.05, 4.69) is 16.4 Å². The minimum absolute atomic E-state index is 0.00177. The van der Waals surface area contributed by atoms with Gasteiger partial charge in [-0.2, -0.15) is 9.57 Å². The number of hydrogen-bond donors (Lipinski definition) is 1. The molecule has 9 nitrogen and oxygen atoms in total. The molecule has 3 unspecified atom stereocenters. The first kappa shape index (κ1) is 26.5. The highest BCUT2D eigenvalue weighted by molar-refractivity contribution is 7.88. The molecule has 1 aromatic heterocycles. The molecule has 12 heteroatoms. The van der Waals surface area contributed by atoms with Crippen LogP contribution in [0.2, 0.25) is 10.0 Å². The highest BCUT2D eigenvalue weighted by Gasteiger charge is 2.41. The molecule has 3 heterocycles. The number of benzene rings is 1. The van der Waals surface area contributed by atoms with Crippen LogP contribution in [0.25, 0.3) is 0 Å². The lowest BCUT2D eigenvalue weighted by molar-refractivity contribution is 0.140. The Morgan fingerprint density at radius 1 is 1.11 bits per heavy atom. The number of urea groups is 1. The van der Waals surface area contributed by atoms with Gasteiger partial charge in [-0.25, -0.2) is 18.2 Å². The van der Waals surface area contributed by atoms with E-state index in [4.69, 9.17) is 28.5 Å². The number of halogens is 2. The van der Waals surface area contributed by atoms with E-state index in [0.717, 1.165) is 5.56 Å². The van der Waals surface area contributed by atoms with Gasteiger partial charge in [0, 0.05) is 63.3 Å². The van der Waals surface area contributed by atoms with Crippen LogP contribution in [0.15, 0.2) is 36.5 Å². The van der Waals surface area contributed by atoms with E-state index in [1.54, 1.807) is 23.1 Å². The average Bonchev–Trinajstić information content (AvgIpc) is 3.31. The zero-order valence-corrected chi connectivity index (χ0v) is 22.4.